The number of nitrogens with two attached hydrogens (primary N) is 1. The number of hydrogen-bond acceptors (Lipinski definition) is 6. The van der Waals surface area contributed by atoms with E-state index in [1.165, 1.54) is 42.9 Å². The predicted molar refractivity (Wildman–Crippen MR) is 93.6 cm³/mol. The average Bonchev–Trinajstić information content (AvgIpc) is 2.67. The number of rotatable bonds is 6. The van der Waals surface area contributed by atoms with Crippen molar-refractivity contribution in [3.8, 4) is 11.6 Å². The first-order chi connectivity index (χ1) is 13.3. The van der Waals surface area contributed by atoms with Crippen LogP contribution in [0.2, 0.25) is 0 Å². The Bertz CT molecular complexity index is 977. The highest BCUT2D eigenvalue weighted by atomic mass is 19.4. The van der Waals surface area contributed by atoms with Crippen LogP contribution in [0.15, 0.2) is 55.0 Å². The monoisotopic (exact) mass is 389 g/mol. The fraction of sp³-hybridized carbons (Fsp3) is 0.111. The Morgan fingerprint density at radius 1 is 1.07 bits per heavy atom. The van der Waals surface area contributed by atoms with Crippen LogP contribution in [0.3, 0.4) is 0 Å². The molecule has 0 spiro atoms. The first kappa shape index (κ1) is 19.1. The minimum atomic E-state index is -4.53. The molecule has 0 unspecified atom stereocenters. The Labute approximate surface area is 157 Å². The van der Waals surface area contributed by atoms with Gasteiger partial charge in [-0.25, -0.2) is 15.0 Å². The lowest BCUT2D eigenvalue weighted by atomic mass is 10.2. The van der Waals surface area contributed by atoms with Crippen LogP contribution in [-0.2, 0) is 12.7 Å². The molecule has 0 saturated heterocycles. The minimum absolute atomic E-state index is 0.000768. The maximum absolute atomic E-state index is 13.0. The summed E-state index contributed by atoms with van der Waals surface area (Å²) in [5.74, 6) is -0.827. The molecule has 0 atom stereocenters. The van der Waals surface area contributed by atoms with Gasteiger partial charge in [0, 0.05) is 31.2 Å². The third-order valence-corrected chi connectivity index (χ3v) is 3.60. The van der Waals surface area contributed by atoms with Crippen LogP contribution in [-0.4, -0.2) is 20.9 Å². The number of aromatic nitrogens is 3. The topological polar surface area (TPSA) is 103 Å². The second-order valence-corrected chi connectivity index (χ2v) is 5.57. The highest BCUT2D eigenvalue weighted by Gasteiger charge is 2.34. The molecule has 3 aromatic rings. The molecule has 3 rings (SSSR count). The molecule has 0 fully saturated rings. The summed E-state index contributed by atoms with van der Waals surface area (Å²) >= 11 is 0. The van der Waals surface area contributed by atoms with E-state index >= 15 is 0 Å². The molecule has 1 aromatic carbocycles. The Balaban J connectivity index is 1.69. The van der Waals surface area contributed by atoms with Crippen molar-refractivity contribution in [2.45, 2.75) is 12.7 Å². The SMILES string of the molecule is NC(=O)c1nccnc1NCc1ccc(Oc2ccccc2C(F)(F)F)nc1. The van der Waals surface area contributed by atoms with Crippen molar-refractivity contribution in [2.24, 2.45) is 5.73 Å². The first-order valence-electron chi connectivity index (χ1n) is 7.98. The van der Waals surface area contributed by atoms with Gasteiger partial charge in [-0.2, -0.15) is 13.2 Å². The molecular weight excluding hydrogens is 375 g/mol. The van der Waals surface area contributed by atoms with Crippen molar-refractivity contribution in [1.29, 1.82) is 0 Å². The van der Waals surface area contributed by atoms with Crippen LogP contribution >= 0.6 is 0 Å². The zero-order valence-corrected chi connectivity index (χ0v) is 14.3. The van der Waals surface area contributed by atoms with Crippen LogP contribution in [0.4, 0.5) is 19.0 Å². The number of nitrogens with one attached hydrogen (secondary N) is 1. The Morgan fingerprint density at radius 2 is 1.82 bits per heavy atom. The van der Waals surface area contributed by atoms with Gasteiger partial charge in [0.05, 0.1) is 5.56 Å². The Morgan fingerprint density at radius 3 is 2.50 bits per heavy atom. The van der Waals surface area contributed by atoms with Crippen LogP contribution < -0.4 is 15.8 Å². The Hall–Kier alpha value is -3.69. The quantitative estimate of drug-likeness (QED) is 0.670. The third kappa shape index (κ3) is 4.53. The Kier molecular flexibility index (Phi) is 5.39. The van der Waals surface area contributed by atoms with Gasteiger partial charge in [-0.15, -0.1) is 0 Å². The molecule has 3 N–H and O–H groups in total. The van der Waals surface area contributed by atoms with E-state index in [0.29, 0.717) is 5.56 Å². The summed E-state index contributed by atoms with van der Waals surface area (Å²) in [6.45, 7) is 0.241. The number of nitrogens with zero attached hydrogens (tertiary/aromatic N) is 3. The van der Waals surface area contributed by atoms with Gasteiger partial charge in [-0.05, 0) is 17.7 Å². The van der Waals surface area contributed by atoms with Crippen LogP contribution in [0.1, 0.15) is 21.6 Å². The molecule has 2 heterocycles. The summed E-state index contributed by atoms with van der Waals surface area (Å²) in [6.07, 6.45) is -0.353. The number of primary amides is 1. The zero-order valence-electron chi connectivity index (χ0n) is 14.3. The maximum Gasteiger partial charge on any atom is 0.419 e. The van der Waals surface area contributed by atoms with E-state index in [1.54, 1.807) is 6.07 Å². The van der Waals surface area contributed by atoms with Gasteiger partial charge in [-0.1, -0.05) is 18.2 Å². The lowest BCUT2D eigenvalue weighted by Gasteiger charge is -2.13. The second-order valence-electron chi connectivity index (χ2n) is 5.57. The lowest BCUT2D eigenvalue weighted by molar-refractivity contribution is -0.138. The standard InChI is InChI=1S/C18H14F3N5O2/c19-18(20,21)12-3-1-2-4-13(12)28-14-6-5-11(9-25-14)10-26-17-15(16(22)27)23-7-8-24-17/h1-9H,10H2,(H2,22,27)(H,24,26). The molecule has 28 heavy (non-hydrogen) atoms. The summed E-state index contributed by atoms with van der Waals surface area (Å²) in [6, 6.07) is 7.94. The van der Waals surface area contributed by atoms with Gasteiger partial charge < -0.3 is 15.8 Å². The number of benzene rings is 1. The molecule has 0 aliphatic rings. The van der Waals surface area contributed by atoms with Gasteiger partial charge in [0.25, 0.3) is 5.91 Å². The molecule has 2 aromatic heterocycles. The normalized spacial score (nSPS) is 11.1. The van der Waals surface area contributed by atoms with E-state index in [4.69, 9.17) is 10.5 Å². The largest absolute Gasteiger partial charge is 0.438 e. The average molecular weight is 389 g/mol. The molecular formula is C18H14F3N5O2. The van der Waals surface area contributed by atoms with Gasteiger partial charge in [0.1, 0.15) is 5.75 Å². The van der Waals surface area contributed by atoms with Crippen molar-refractivity contribution < 1.29 is 22.7 Å². The number of pyridine rings is 1. The van der Waals surface area contributed by atoms with Crippen molar-refractivity contribution in [2.75, 3.05) is 5.32 Å². The number of hydrogen-bond donors (Lipinski definition) is 2. The van der Waals surface area contributed by atoms with E-state index in [0.717, 1.165) is 6.07 Å². The predicted octanol–water partition coefficient (Wildman–Crippen LogP) is 3.39. The number of halogens is 3. The summed E-state index contributed by atoms with van der Waals surface area (Å²) in [5.41, 5.74) is 5.02. The van der Waals surface area contributed by atoms with Crippen molar-refractivity contribution in [3.63, 3.8) is 0 Å². The number of para-hydroxylation sites is 1. The number of alkyl halides is 3. The zero-order chi connectivity index (χ0) is 20.1. The highest BCUT2D eigenvalue weighted by Crippen LogP contribution is 2.37. The molecule has 144 valence electrons. The fourth-order valence-electron chi connectivity index (χ4n) is 2.31. The van der Waals surface area contributed by atoms with E-state index in [2.05, 4.69) is 20.3 Å². The smallest absolute Gasteiger partial charge is 0.419 e. The van der Waals surface area contributed by atoms with Crippen molar-refractivity contribution >= 4 is 11.7 Å². The number of anilines is 1. The van der Waals surface area contributed by atoms with Crippen LogP contribution in [0, 0.1) is 0 Å². The number of carbonyl (C=O) groups is 1. The molecule has 0 aliphatic carbocycles. The number of ether oxygens (including phenoxy) is 1. The number of carbonyl (C=O) groups excluding carboxylic acids is 1. The first-order valence-corrected chi connectivity index (χ1v) is 7.98. The van der Waals surface area contributed by atoms with Crippen LogP contribution in [0.25, 0.3) is 0 Å². The fourth-order valence-corrected chi connectivity index (χ4v) is 2.31. The molecule has 0 aliphatic heterocycles. The summed E-state index contributed by atoms with van der Waals surface area (Å²) in [5, 5.41) is 2.91. The molecule has 10 heteroatoms. The van der Waals surface area contributed by atoms with E-state index in [1.807, 2.05) is 0 Å². The molecule has 0 radical (unpaired) electrons. The van der Waals surface area contributed by atoms with Gasteiger partial charge in [0.15, 0.2) is 11.5 Å². The minimum Gasteiger partial charge on any atom is -0.438 e. The second kappa shape index (κ2) is 7.91. The van der Waals surface area contributed by atoms with Crippen LogP contribution in [0.5, 0.6) is 11.6 Å². The third-order valence-electron chi connectivity index (χ3n) is 3.60. The summed E-state index contributed by atoms with van der Waals surface area (Å²) < 4.78 is 44.3. The molecule has 0 saturated carbocycles. The van der Waals surface area contributed by atoms with Crippen molar-refractivity contribution in [1.82, 2.24) is 15.0 Å². The highest BCUT2D eigenvalue weighted by molar-refractivity contribution is 5.95. The van der Waals surface area contributed by atoms with E-state index in [-0.39, 0.29) is 29.7 Å². The van der Waals surface area contributed by atoms with Crippen molar-refractivity contribution in [3.05, 3.63) is 71.8 Å². The summed E-state index contributed by atoms with van der Waals surface area (Å²) in [4.78, 5) is 23.2. The summed E-state index contributed by atoms with van der Waals surface area (Å²) in [7, 11) is 0. The van der Waals surface area contributed by atoms with Gasteiger partial charge in [-0.3, -0.25) is 4.79 Å². The van der Waals surface area contributed by atoms with E-state index in [9.17, 15) is 18.0 Å². The molecule has 1 amide bonds. The maximum atomic E-state index is 13.0. The molecule has 7 nitrogen and oxygen atoms in total. The lowest BCUT2D eigenvalue weighted by Crippen LogP contribution is -2.17. The molecule has 0 bridgehead atoms. The number of amides is 1. The van der Waals surface area contributed by atoms with Gasteiger partial charge in [0.2, 0.25) is 5.88 Å². The van der Waals surface area contributed by atoms with E-state index < -0.39 is 17.6 Å². The van der Waals surface area contributed by atoms with Gasteiger partial charge >= 0.3 is 6.18 Å².